The molecule has 0 bridgehead atoms. The van der Waals surface area contributed by atoms with Crippen molar-refractivity contribution >= 4 is 0 Å². The summed E-state index contributed by atoms with van der Waals surface area (Å²) in [5, 5.41) is 0. The van der Waals surface area contributed by atoms with E-state index in [2.05, 4.69) is 42.3 Å². The maximum atomic E-state index is 2.51. The molecule has 0 radical (unpaired) electrons. The highest BCUT2D eigenvalue weighted by atomic mass is 15.1. The Morgan fingerprint density at radius 3 is 1.76 bits per heavy atom. The molecule has 0 amide bonds. The molecule has 1 aromatic rings. The van der Waals surface area contributed by atoms with Crippen molar-refractivity contribution in [3.05, 3.63) is 18.2 Å². The summed E-state index contributed by atoms with van der Waals surface area (Å²) in [4.78, 5) is 0. The van der Waals surface area contributed by atoms with Crippen LogP contribution >= 0.6 is 0 Å². The van der Waals surface area contributed by atoms with E-state index < -0.39 is 0 Å². The summed E-state index contributed by atoms with van der Waals surface area (Å²) in [6.45, 7) is 9.15. The Balaban J connectivity index is 2.11. The Labute approximate surface area is 158 Å². The topological polar surface area (TPSA) is 8.81 Å². The Hall–Kier alpha value is -0.790. The van der Waals surface area contributed by atoms with Crippen LogP contribution < -0.4 is 4.57 Å². The predicted octanol–water partition coefficient (Wildman–Crippen LogP) is 6.84. The second kappa shape index (κ2) is 15.5. The van der Waals surface area contributed by atoms with Gasteiger partial charge in [-0.05, 0) is 26.2 Å². The largest absolute Gasteiger partial charge is 0.256 e. The highest BCUT2D eigenvalue weighted by Crippen LogP contribution is 2.12. The first-order chi connectivity index (χ1) is 12.3. The van der Waals surface area contributed by atoms with Gasteiger partial charge in [0, 0.05) is 6.42 Å². The lowest BCUT2D eigenvalue weighted by molar-refractivity contribution is -0.700. The maximum Gasteiger partial charge on any atom is 0.256 e. The first kappa shape index (κ1) is 22.3. The van der Waals surface area contributed by atoms with Crippen molar-refractivity contribution in [1.29, 1.82) is 0 Å². The molecule has 146 valence electrons. The SMILES string of the molecule is CCCCCCCCCCCCCc1n(CCCCC)cc[n+]1CC. The van der Waals surface area contributed by atoms with Crippen LogP contribution in [-0.2, 0) is 19.5 Å². The molecule has 0 aliphatic heterocycles. The lowest BCUT2D eigenvalue weighted by Crippen LogP contribution is -2.36. The van der Waals surface area contributed by atoms with E-state index in [1.54, 1.807) is 5.82 Å². The average Bonchev–Trinajstić information content (AvgIpc) is 3.02. The second-order valence-electron chi connectivity index (χ2n) is 7.69. The van der Waals surface area contributed by atoms with Crippen LogP contribution in [0.1, 0.15) is 116 Å². The van der Waals surface area contributed by atoms with Crippen molar-refractivity contribution in [1.82, 2.24) is 4.57 Å². The highest BCUT2D eigenvalue weighted by Gasteiger charge is 2.14. The van der Waals surface area contributed by atoms with Crippen LogP contribution in [0.3, 0.4) is 0 Å². The third kappa shape index (κ3) is 10.1. The fourth-order valence-electron chi connectivity index (χ4n) is 3.76. The Morgan fingerprint density at radius 2 is 1.20 bits per heavy atom. The van der Waals surface area contributed by atoms with Gasteiger partial charge in [-0.15, -0.1) is 0 Å². The zero-order valence-electron chi connectivity index (χ0n) is 17.6. The summed E-state index contributed by atoms with van der Waals surface area (Å²) < 4.78 is 4.96. The van der Waals surface area contributed by atoms with Gasteiger partial charge in [0.2, 0.25) is 0 Å². The van der Waals surface area contributed by atoms with Crippen molar-refractivity contribution in [2.75, 3.05) is 0 Å². The van der Waals surface area contributed by atoms with Gasteiger partial charge in [0.1, 0.15) is 12.4 Å². The van der Waals surface area contributed by atoms with Gasteiger partial charge in [-0.25, -0.2) is 9.13 Å². The maximum absolute atomic E-state index is 2.51. The van der Waals surface area contributed by atoms with Crippen molar-refractivity contribution in [3.63, 3.8) is 0 Å². The molecule has 0 unspecified atom stereocenters. The predicted molar refractivity (Wildman–Crippen MR) is 110 cm³/mol. The van der Waals surface area contributed by atoms with E-state index in [0.29, 0.717) is 0 Å². The number of aryl methyl sites for hydroxylation is 2. The van der Waals surface area contributed by atoms with Gasteiger partial charge < -0.3 is 0 Å². The average molecular weight is 350 g/mol. The molecule has 1 aromatic heterocycles. The number of aromatic nitrogens is 2. The third-order valence-electron chi connectivity index (χ3n) is 5.44. The van der Waals surface area contributed by atoms with Gasteiger partial charge in [-0.3, -0.25) is 0 Å². The Morgan fingerprint density at radius 1 is 0.680 bits per heavy atom. The van der Waals surface area contributed by atoms with Crippen LogP contribution in [0.25, 0.3) is 0 Å². The van der Waals surface area contributed by atoms with E-state index in [1.165, 1.54) is 103 Å². The van der Waals surface area contributed by atoms with Gasteiger partial charge in [0.15, 0.2) is 0 Å². The summed E-state index contributed by atoms with van der Waals surface area (Å²) in [5.74, 6) is 1.55. The van der Waals surface area contributed by atoms with Gasteiger partial charge >= 0.3 is 0 Å². The summed E-state index contributed by atoms with van der Waals surface area (Å²) in [7, 11) is 0. The summed E-state index contributed by atoms with van der Waals surface area (Å²) >= 11 is 0. The van der Waals surface area contributed by atoms with Gasteiger partial charge in [-0.2, -0.15) is 0 Å². The standard InChI is InChI=1S/C23H45N2/c1-4-7-9-10-11-12-13-14-15-16-17-19-23-24(6-3)21-22-25(23)20-18-8-5-2/h21-22H,4-20H2,1-3H3/q+1. The fourth-order valence-corrected chi connectivity index (χ4v) is 3.76. The lowest BCUT2D eigenvalue weighted by Gasteiger charge is -2.05. The van der Waals surface area contributed by atoms with Crippen LogP contribution in [0.2, 0.25) is 0 Å². The molecule has 0 spiro atoms. The van der Waals surface area contributed by atoms with Gasteiger partial charge in [0.25, 0.3) is 5.82 Å². The van der Waals surface area contributed by atoms with E-state index in [4.69, 9.17) is 0 Å². The number of imidazole rings is 1. The van der Waals surface area contributed by atoms with Crippen LogP contribution in [0.15, 0.2) is 12.4 Å². The number of nitrogens with zero attached hydrogens (tertiary/aromatic N) is 2. The van der Waals surface area contributed by atoms with E-state index >= 15 is 0 Å². The minimum absolute atomic E-state index is 1.11. The molecule has 0 aliphatic carbocycles. The minimum atomic E-state index is 1.11. The first-order valence-corrected chi connectivity index (χ1v) is 11.4. The number of hydrogen-bond donors (Lipinski definition) is 0. The number of unbranched alkanes of at least 4 members (excludes halogenated alkanes) is 12. The molecule has 2 heteroatoms. The Kier molecular flexibility index (Phi) is 13.8. The molecule has 2 nitrogen and oxygen atoms in total. The molecule has 0 aliphatic rings. The fraction of sp³-hybridized carbons (Fsp3) is 0.870. The number of rotatable bonds is 17. The molecular formula is C23H45N2+. The van der Waals surface area contributed by atoms with E-state index in [0.717, 1.165) is 6.54 Å². The van der Waals surface area contributed by atoms with Crippen LogP contribution in [0, 0.1) is 0 Å². The van der Waals surface area contributed by atoms with E-state index in [-0.39, 0.29) is 0 Å². The molecular weight excluding hydrogens is 304 g/mol. The summed E-state index contributed by atoms with van der Waals surface area (Å²) in [6.07, 6.45) is 25.5. The molecule has 0 N–H and O–H groups in total. The minimum Gasteiger partial charge on any atom is -0.235 e. The van der Waals surface area contributed by atoms with Crippen LogP contribution in [-0.4, -0.2) is 4.57 Å². The molecule has 1 rings (SSSR count). The van der Waals surface area contributed by atoms with Crippen LogP contribution in [0.4, 0.5) is 0 Å². The van der Waals surface area contributed by atoms with Crippen LogP contribution in [0.5, 0.6) is 0 Å². The zero-order valence-corrected chi connectivity index (χ0v) is 17.6. The quantitative estimate of drug-likeness (QED) is 0.215. The van der Waals surface area contributed by atoms with Crippen molar-refractivity contribution in [2.24, 2.45) is 0 Å². The first-order valence-electron chi connectivity index (χ1n) is 11.4. The smallest absolute Gasteiger partial charge is 0.235 e. The van der Waals surface area contributed by atoms with E-state index in [1.807, 2.05) is 0 Å². The second-order valence-corrected chi connectivity index (χ2v) is 7.69. The molecule has 0 aromatic carbocycles. The van der Waals surface area contributed by atoms with Gasteiger partial charge in [-0.1, -0.05) is 84.5 Å². The van der Waals surface area contributed by atoms with Crippen molar-refractivity contribution < 1.29 is 4.57 Å². The molecule has 0 saturated carbocycles. The summed E-state index contributed by atoms with van der Waals surface area (Å²) in [5.41, 5.74) is 0. The molecule has 25 heavy (non-hydrogen) atoms. The molecule has 0 saturated heterocycles. The Bertz CT molecular complexity index is 408. The third-order valence-corrected chi connectivity index (χ3v) is 5.44. The number of hydrogen-bond acceptors (Lipinski definition) is 0. The van der Waals surface area contributed by atoms with Crippen molar-refractivity contribution in [2.45, 2.75) is 130 Å². The molecule has 0 fully saturated rings. The molecule has 1 heterocycles. The zero-order chi connectivity index (χ0) is 18.2. The summed E-state index contributed by atoms with van der Waals surface area (Å²) in [6, 6.07) is 0. The normalized spacial score (nSPS) is 11.3. The van der Waals surface area contributed by atoms with Gasteiger partial charge in [0.05, 0.1) is 13.1 Å². The van der Waals surface area contributed by atoms with E-state index in [9.17, 15) is 0 Å². The highest BCUT2D eigenvalue weighted by molar-refractivity contribution is 4.84. The molecule has 0 atom stereocenters. The monoisotopic (exact) mass is 349 g/mol. The van der Waals surface area contributed by atoms with Crippen molar-refractivity contribution in [3.8, 4) is 0 Å². The lowest BCUT2D eigenvalue weighted by atomic mass is 10.1.